The molecule has 0 aliphatic heterocycles. The van der Waals surface area contributed by atoms with Crippen molar-refractivity contribution in [3.8, 4) is 11.5 Å². The van der Waals surface area contributed by atoms with E-state index in [1.165, 1.54) is 18.5 Å². The molecule has 0 aliphatic carbocycles. The summed E-state index contributed by atoms with van der Waals surface area (Å²) in [6.07, 6.45) is 0.355. The van der Waals surface area contributed by atoms with Crippen LogP contribution in [0.15, 0.2) is 42.9 Å². The molecule has 0 atom stereocenters. The Morgan fingerprint density at radius 1 is 1.11 bits per heavy atom. The number of nitrogen functional groups attached to an aromatic ring is 1. The number of halogens is 4. The minimum absolute atomic E-state index is 0.0628. The van der Waals surface area contributed by atoms with Crippen molar-refractivity contribution in [1.29, 1.82) is 0 Å². The van der Waals surface area contributed by atoms with Crippen molar-refractivity contribution < 1.29 is 17.6 Å². The maximum atomic E-state index is 14.0. The van der Waals surface area contributed by atoms with Crippen molar-refractivity contribution in [3.63, 3.8) is 0 Å². The van der Waals surface area contributed by atoms with Gasteiger partial charge in [-0.05, 0) is 11.6 Å². The van der Waals surface area contributed by atoms with Gasteiger partial charge in [0.15, 0.2) is 5.65 Å². The van der Waals surface area contributed by atoms with E-state index in [1.807, 2.05) is 0 Å². The van der Waals surface area contributed by atoms with Gasteiger partial charge in [0.1, 0.15) is 18.1 Å². The quantitative estimate of drug-likeness (QED) is 0.541. The lowest BCUT2D eigenvalue weighted by atomic mass is 10.1. The Balaban J connectivity index is 1.77. The molecule has 4 aromatic rings. The first-order valence-corrected chi connectivity index (χ1v) is 8.13. The number of rotatable bonds is 4. The van der Waals surface area contributed by atoms with Gasteiger partial charge in [0.2, 0.25) is 11.8 Å². The van der Waals surface area contributed by atoms with E-state index in [9.17, 15) is 17.6 Å². The van der Waals surface area contributed by atoms with Crippen molar-refractivity contribution in [3.05, 3.63) is 59.9 Å². The molecule has 11 heteroatoms. The van der Waals surface area contributed by atoms with Crippen LogP contribution in [0.2, 0.25) is 0 Å². The molecule has 144 valence electrons. The minimum Gasteiger partial charge on any atom is -0.368 e. The van der Waals surface area contributed by atoms with E-state index in [-0.39, 0.29) is 23.9 Å². The second-order valence-corrected chi connectivity index (χ2v) is 6.07. The summed E-state index contributed by atoms with van der Waals surface area (Å²) in [4.78, 5) is 12.5. The fourth-order valence-corrected chi connectivity index (χ4v) is 2.79. The number of imidazole rings is 1. The summed E-state index contributed by atoms with van der Waals surface area (Å²) < 4.78 is 54.1. The Bertz CT molecular complexity index is 1150. The normalized spacial score (nSPS) is 12.0. The smallest absolute Gasteiger partial charge is 0.368 e. The van der Waals surface area contributed by atoms with E-state index in [1.54, 1.807) is 28.8 Å². The molecule has 0 aliphatic rings. The summed E-state index contributed by atoms with van der Waals surface area (Å²) in [5, 5.41) is 3.81. The van der Waals surface area contributed by atoms with E-state index in [0.717, 1.165) is 0 Å². The van der Waals surface area contributed by atoms with Gasteiger partial charge >= 0.3 is 6.18 Å². The van der Waals surface area contributed by atoms with Gasteiger partial charge in [0.25, 0.3) is 0 Å². The highest BCUT2D eigenvalue weighted by Crippen LogP contribution is 2.23. The van der Waals surface area contributed by atoms with E-state index in [0.29, 0.717) is 21.6 Å². The molecule has 0 saturated heterocycles. The summed E-state index contributed by atoms with van der Waals surface area (Å²) in [7, 11) is 0. The Morgan fingerprint density at radius 2 is 1.89 bits per heavy atom. The lowest BCUT2D eigenvalue weighted by molar-refractivity contribution is -0.142. The van der Waals surface area contributed by atoms with Gasteiger partial charge in [-0.15, -0.1) is 5.10 Å². The molecule has 3 aromatic heterocycles. The monoisotopic (exact) mass is 391 g/mol. The molecule has 0 spiro atoms. The van der Waals surface area contributed by atoms with Crippen LogP contribution in [0.3, 0.4) is 0 Å². The van der Waals surface area contributed by atoms with Gasteiger partial charge in [-0.1, -0.05) is 18.2 Å². The molecule has 2 N–H and O–H groups in total. The average Bonchev–Trinajstić information content (AvgIpc) is 3.22. The second-order valence-electron chi connectivity index (χ2n) is 6.07. The molecule has 3 heterocycles. The van der Waals surface area contributed by atoms with Crippen LogP contribution in [0.5, 0.6) is 0 Å². The molecule has 0 unspecified atom stereocenters. The van der Waals surface area contributed by atoms with Gasteiger partial charge in [0.05, 0.1) is 5.69 Å². The molecular formula is C17H13F4N7. The molecule has 0 radical (unpaired) electrons. The van der Waals surface area contributed by atoms with Gasteiger partial charge < -0.3 is 10.1 Å². The van der Waals surface area contributed by atoms with Gasteiger partial charge in [-0.25, -0.2) is 19.0 Å². The number of hydrogen-bond donors (Lipinski definition) is 1. The van der Waals surface area contributed by atoms with Crippen molar-refractivity contribution in [2.75, 3.05) is 5.73 Å². The summed E-state index contributed by atoms with van der Waals surface area (Å²) in [6.45, 7) is -1.36. The predicted octanol–water partition coefficient (Wildman–Crippen LogP) is 2.86. The van der Waals surface area contributed by atoms with Crippen molar-refractivity contribution in [2.24, 2.45) is 0 Å². The standard InChI is InChI=1S/C17H13F4N7/c18-11-4-2-1-3-10(11)7-12-15-23-5-6-27(15)8-13(24-12)14-25-16(22)28(26-14)9-17(19,20)21/h1-6,8H,7,9H2,(H2,22,25,26). The summed E-state index contributed by atoms with van der Waals surface area (Å²) in [5.74, 6) is -0.834. The van der Waals surface area contributed by atoms with Crippen LogP contribution in [-0.2, 0) is 13.0 Å². The zero-order chi connectivity index (χ0) is 19.9. The van der Waals surface area contributed by atoms with Crippen LogP contribution < -0.4 is 5.73 Å². The number of benzene rings is 1. The number of aromatic nitrogens is 6. The number of nitrogens with zero attached hydrogens (tertiary/aromatic N) is 6. The van der Waals surface area contributed by atoms with Gasteiger partial charge in [-0.3, -0.25) is 0 Å². The van der Waals surface area contributed by atoms with Crippen LogP contribution in [0.1, 0.15) is 11.3 Å². The molecule has 0 bridgehead atoms. The SMILES string of the molecule is Nc1nc(-c2cn3ccnc3c(Cc3ccccc3F)n2)nn1CC(F)(F)F. The van der Waals surface area contributed by atoms with Crippen LogP contribution in [-0.4, -0.2) is 35.3 Å². The zero-order valence-electron chi connectivity index (χ0n) is 14.2. The molecule has 4 rings (SSSR count). The lowest BCUT2D eigenvalue weighted by Gasteiger charge is -2.07. The molecule has 0 fully saturated rings. The highest BCUT2D eigenvalue weighted by molar-refractivity contribution is 5.56. The van der Waals surface area contributed by atoms with Gasteiger partial charge in [-0.2, -0.15) is 18.2 Å². The molecule has 0 amide bonds. The first-order valence-electron chi connectivity index (χ1n) is 8.13. The third kappa shape index (κ3) is 3.50. The van der Waals surface area contributed by atoms with Crippen LogP contribution in [0.25, 0.3) is 17.2 Å². The maximum Gasteiger partial charge on any atom is 0.408 e. The summed E-state index contributed by atoms with van der Waals surface area (Å²) >= 11 is 0. The van der Waals surface area contributed by atoms with E-state index in [2.05, 4.69) is 20.1 Å². The van der Waals surface area contributed by atoms with Crippen LogP contribution >= 0.6 is 0 Å². The Morgan fingerprint density at radius 3 is 2.64 bits per heavy atom. The molecule has 1 aromatic carbocycles. The Hall–Kier alpha value is -3.50. The van der Waals surface area contributed by atoms with Crippen molar-refractivity contribution >= 4 is 11.6 Å². The largest absolute Gasteiger partial charge is 0.408 e. The number of hydrogen-bond acceptors (Lipinski definition) is 5. The Kier molecular flexibility index (Phi) is 4.21. The molecule has 7 nitrogen and oxygen atoms in total. The number of fused-ring (bicyclic) bond motifs is 1. The number of alkyl halides is 3. The van der Waals surface area contributed by atoms with E-state index >= 15 is 0 Å². The average molecular weight is 391 g/mol. The van der Waals surface area contributed by atoms with Crippen LogP contribution in [0, 0.1) is 5.82 Å². The summed E-state index contributed by atoms with van der Waals surface area (Å²) in [6, 6.07) is 6.24. The highest BCUT2D eigenvalue weighted by Gasteiger charge is 2.30. The predicted molar refractivity (Wildman–Crippen MR) is 91.7 cm³/mol. The highest BCUT2D eigenvalue weighted by atomic mass is 19.4. The molecule has 0 saturated carbocycles. The van der Waals surface area contributed by atoms with E-state index in [4.69, 9.17) is 5.73 Å². The second kappa shape index (κ2) is 6.59. The van der Waals surface area contributed by atoms with Gasteiger partial charge in [0, 0.05) is 25.0 Å². The first-order chi connectivity index (χ1) is 13.3. The lowest BCUT2D eigenvalue weighted by Crippen LogP contribution is -2.20. The van der Waals surface area contributed by atoms with Crippen molar-refractivity contribution in [1.82, 2.24) is 29.1 Å². The fourth-order valence-electron chi connectivity index (χ4n) is 2.79. The first kappa shape index (κ1) is 17.9. The number of nitrogens with two attached hydrogens (primary N) is 1. The zero-order valence-corrected chi connectivity index (χ0v) is 14.2. The summed E-state index contributed by atoms with van der Waals surface area (Å²) in [5.41, 5.74) is 7.08. The fraction of sp³-hybridized carbons (Fsp3) is 0.176. The molecule has 28 heavy (non-hydrogen) atoms. The van der Waals surface area contributed by atoms with E-state index < -0.39 is 18.5 Å². The van der Waals surface area contributed by atoms with Crippen molar-refractivity contribution in [2.45, 2.75) is 19.1 Å². The third-order valence-electron chi connectivity index (χ3n) is 4.02. The van der Waals surface area contributed by atoms with Crippen LogP contribution in [0.4, 0.5) is 23.5 Å². The topological polar surface area (TPSA) is 86.9 Å². The maximum absolute atomic E-state index is 14.0. The third-order valence-corrected chi connectivity index (χ3v) is 4.02. The number of anilines is 1. The Labute approximate surface area is 155 Å². The minimum atomic E-state index is -4.49. The molecular weight excluding hydrogens is 378 g/mol.